The molecule has 4 nitrogen and oxygen atoms in total. The van der Waals surface area contributed by atoms with Crippen LogP contribution in [0, 0.1) is 69.0 Å². The smallest absolute Gasteiger partial charge is 0.0867 e. The van der Waals surface area contributed by atoms with E-state index in [-0.39, 0.29) is 45.8 Å². The highest BCUT2D eigenvalue weighted by molar-refractivity contribution is 5.98. The second-order valence-electron chi connectivity index (χ2n) is 21.7. The van der Waals surface area contributed by atoms with E-state index in [1.54, 1.807) is 0 Å². The van der Waals surface area contributed by atoms with E-state index in [2.05, 4.69) is 97.6 Å². The zero-order valence-electron chi connectivity index (χ0n) is 33.3. The molecule has 4 spiro atoms. The molecule has 8 aliphatic carbocycles. The third-order valence-corrected chi connectivity index (χ3v) is 19.7. The highest BCUT2D eigenvalue weighted by Crippen LogP contribution is 2.80. The zero-order valence-corrected chi connectivity index (χ0v) is 33.3. The van der Waals surface area contributed by atoms with Crippen LogP contribution in [-0.4, -0.2) is 57.2 Å². The summed E-state index contributed by atoms with van der Waals surface area (Å²) in [6, 6.07) is 20.7. The van der Waals surface area contributed by atoms with Gasteiger partial charge in [0.1, 0.15) is 0 Å². The number of aryl methyl sites for hydroxylation is 1. The van der Waals surface area contributed by atoms with Crippen LogP contribution in [0.3, 0.4) is 0 Å². The van der Waals surface area contributed by atoms with Gasteiger partial charge in [-0.1, -0.05) is 73.7 Å². The number of benzene rings is 3. The third kappa shape index (κ3) is 4.44. The first kappa shape index (κ1) is 34.5. The molecule has 3 aromatic carbocycles. The second kappa shape index (κ2) is 11.6. The maximum Gasteiger partial charge on any atom is 0.0867 e. The van der Waals surface area contributed by atoms with Gasteiger partial charge in [-0.3, -0.25) is 4.90 Å². The summed E-state index contributed by atoms with van der Waals surface area (Å²) in [5.74, 6) is 4.07. The van der Waals surface area contributed by atoms with Crippen molar-refractivity contribution in [1.82, 2.24) is 4.90 Å². The lowest BCUT2D eigenvalue weighted by molar-refractivity contribution is -0.228. The lowest BCUT2D eigenvalue weighted by Gasteiger charge is -2.69. The molecule has 3 aromatic rings. The number of hydrogen-bond acceptors (Lipinski definition) is 4. The molecule has 4 heteroatoms. The van der Waals surface area contributed by atoms with E-state index in [9.17, 15) is 15.3 Å². The second-order valence-corrected chi connectivity index (χ2v) is 21.7. The van der Waals surface area contributed by atoms with Crippen LogP contribution in [0.15, 0.2) is 78.9 Å². The predicted molar refractivity (Wildman–Crippen MR) is 220 cm³/mol. The summed E-state index contributed by atoms with van der Waals surface area (Å²) in [5.41, 5.74) is 0.712. The van der Waals surface area contributed by atoms with E-state index in [0.29, 0.717) is 41.4 Å². The van der Waals surface area contributed by atoms with Gasteiger partial charge in [-0.2, -0.15) is 0 Å². The van der Waals surface area contributed by atoms with Gasteiger partial charge < -0.3 is 15.3 Å². The summed E-state index contributed by atoms with van der Waals surface area (Å²) >= 11 is 0. The van der Waals surface area contributed by atoms with Gasteiger partial charge in [0.15, 0.2) is 0 Å². The molecule has 10 aliphatic rings. The molecule has 55 heavy (non-hydrogen) atoms. The third-order valence-electron chi connectivity index (χ3n) is 19.7. The number of rotatable bonds is 3. The van der Waals surface area contributed by atoms with Gasteiger partial charge in [-0.05, 0) is 193 Å². The van der Waals surface area contributed by atoms with Gasteiger partial charge in [0.25, 0.3) is 0 Å². The number of nitrogens with zero attached hydrogens (tertiary/aromatic N) is 1. The first-order valence-electron chi connectivity index (χ1n) is 22.7. The summed E-state index contributed by atoms with van der Waals surface area (Å²) in [5, 5.41) is 42.6. The van der Waals surface area contributed by atoms with Crippen molar-refractivity contribution < 1.29 is 15.3 Å². The number of aliphatic hydroxyl groups is 3. The van der Waals surface area contributed by atoms with Gasteiger partial charge in [-0.25, -0.2) is 0 Å². The quantitative estimate of drug-likeness (QED) is 0.185. The number of piperidine rings is 2. The Kier molecular flexibility index (Phi) is 7.27. The van der Waals surface area contributed by atoms with Crippen molar-refractivity contribution in [1.29, 1.82) is 0 Å². The van der Waals surface area contributed by atoms with Gasteiger partial charge in [0.05, 0.1) is 17.8 Å². The Hall–Kier alpha value is -2.50. The maximum atomic E-state index is 12.8. The molecular formula is C51H63NO3. The molecule has 5 saturated carbocycles. The fourth-order valence-electron chi connectivity index (χ4n) is 17.6. The van der Waals surface area contributed by atoms with Gasteiger partial charge in [-0.15, -0.1) is 0 Å². The number of allylic oxidation sites excluding steroid dienone is 3. The summed E-state index contributed by atoms with van der Waals surface area (Å²) in [7, 11) is 0. The van der Waals surface area contributed by atoms with Crippen LogP contribution in [-0.2, 0) is 6.42 Å². The van der Waals surface area contributed by atoms with Crippen LogP contribution in [0.2, 0.25) is 0 Å². The average Bonchev–Trinajstić information content (AvgIpc) is 3.72. The lowest BCUT2D eigenvalue weighted by atomic mass is 9.40. The van der Waals surface area contributed by atoms with Gasteiger partial charge in [0, 0.05) is 24.5 Å². The minimum Gasteiger partial charge on any atom is -0.393 e. The van der Waals surface area contributed by atoms with E-state index >= 15 is 0 Å². The largest absolute Gasteiger partial charge is 0.393 e. The fraction of sp³-hybridized carbons (Fsp3) is 0.647. The van der Waals surface area contributed by atoms with Crippen LogP contribution in [0.1, 0.15) is 96.5 Å². The first-order valence-corrected chi connectivity index (χ1v) is 22.7. The Morgan fingerprint density at radius 3 is 2.44 bits per heavy atom. The van der Waals surface area contributed by atoms with Crippen molar-refractivity contribution in [3.8, 4) is 0 Å². The normalized spacial score (nSPS) is 50.5. The van der Waals surface area contributed by atoms with E-state index in [1.807, 2.05) is 0 Å². The average molecular weight is 738 g/mol. The van der Waals surface area contributed by atoms with E-state index < -0.39 is 5.60 Å². The Labute approximate surface area is 328 Å². The molecule has 290 valence electrons. The van der Waals surface area contributed by atoms with E-state index in [0.717, 1.165) is 70.9 Å². The van der Waals surface area contributed by atoms with E-state index in [4.69, 9.17) is 0 Å². The highest BCUT2D eigenvalue weighted by Gasteiger charge is 2.78. The molecule has 0 radical (unpaired) electrons. The topological polar surface area (TPSA) is 63.9 Å². The van der Waals surface area contributed by atoms with Crippen molar-refractivity contribution in [2.75, 3.05) is 13.1 Å². The molecule has 0 aromatic heterocycles. The minimum absolute atomic E-state index is 0.0345. The molecule has 16 unspecified atom stereocenters. The number of fused-ring (bicyclic) bond motifs is 4. The molecule has 7 fully saturated rings. The summed E-state index contributed by atoms with van der Waals surface area (Å²) < 4.78 is 0. The van der Waals surface area contributed by atoms with Crippen molar-refractivity contribution in [2.24, 2.45) is 69.0 Å². The van der Waals surface area contributed by atoms with Crippen molar-refractivity contribution in [2.45, 2.75) is 121 Å². The monoisotopic (exact) mass is 737 g/mol. The summed E-state index contributed by atoms with van der Waals surface area (Å²) in [4.78, 5) is 2.73. The SMILES string of the molecule is CC1CCC2N(C1)CC1C3C4C=CCC56CC7(CCC(CCc8ccc9cc%10ccccc%10cc9c8)C7)C(O)CC5C(O)CC(C46)C34C=CC1(CC4)C2(C)O. The van der Waals surface area contributed by atoms with Crippen molar-refractivity contribution >= 4 is 21.5 Å². The maximum absolute atomic E-state index is 12.8. The van der Waals surface area contributed by atoms with Crippen LogP contribution in [0.25, 0.3) is 21.5 Å². The fourth-order valence-corrected chi connectivity index (χ4v) is 17.6. The predicted octanol–water partition coefficient (Wildman–Crippen LogP) is 9.49. The Morgan fingerprint density at radius 2 is 1.62 bits per heavy atom. The first-order chi connectivity index (χ1) is 26.6. The van der Waals surface area contributed by atoms with Gasteiger partial charge >= 0.3 is 0 Å². The molecule has 0 amide bonds. The molecule has 2 bridgehead atoms. The Morgan fingerprint density at radius 1 is 0.800 bits per heavy atom. The Bertz CT molecular complexity index is 2120. The van der Waals surface area contributed by atoms with Crippen molar-refractivity contribution in [3.63, 3.8) is 0 Å². The zero-order chi connectivity index (χ0) is 37.1. The molecule has 3 N–H and O–H groups in total. The molecule has 16 atom stereocenters. The summed E-state index contributed by atoms with van der Waals surface area (Å²) in [6.45, 7) is 6.88. The summed E-state index contributed by atoms with van der Waals surface area (Å²) in [6.07, 6.45) is 24.1. The molecular weight excluding hydrogens is 675 g/mol. The van der Waals surface area contributed by atoms with Crippen LogP contribution in [0.5, 0.6) is 0 Å². The Balaban J connectivity index is 0.845. The molecule has 2 aliphatic heterocycles. The van der Waals surface area contributed by atoms with E-state index in [1.165, 1.54) is 52.8 Å². The lowest BCUT2D eigenvalue weighted by Crippen LogP contribution is -2.74. The van der Waals surface area contributed by atoms with Crippen molar-refractivity contribution in [3.05, 3.63) is 84.5 Å². The van der Waals surface area contributed by atoms with Crippen LogP contribution < -0.4 is 0 Å². The molecule has 13 rings (SSSR count). The molecule has 2 saturated heterocycles. The van der Waals surface area contributed by atoms with Crippen LogP contribution in [0.4, 0.5) is 0 Å². The number of hydrogen-bond donors (Lipinski definition) is 3. The van der Waals surface area contributed by atoms with Crippen LogP contribution >= 0.6 is 0 Å². The highest BCUT2D eigenvalue weighted by atomic mass is 16.3. The van der Waals surface area contributed by atoms with Gasteiger partial charge in [0.2, 0.25) is 0 Å². The minimum atomic E-state index is -0.718. The molecule has 2 heterocycles. The number of aliphatic hydroxyl groups excluding tert-OH is 2. The standard InChI is InChI=1S/C51H63NO3/c1-31-9-14-43-47(2,55)51-20-18-49(19-21-51)40-25-42(53)39-26-44(54)48(30-50(39)16-5-8-38(45(40)50)46(49)41(51)29-52(43)28-31)17-15-33(27-48)11-10-32-12-13-36-23-34-6-3-4-7-35(34)24-37(36)22-32/h3-8,12-13,18,20,22-24,31,33,38-46,53-55H,9-11,14-17,19,21,25-30H2,1-2H3.